The van der Waals surface area contributed by atoms with Crippen LogP contribution in [0.3, 0.4) is 0 Å². The molecule has 110 valence electrons. The summed E-state index contributed by atoms with van der Waals surface area (Å²) in [7, 11) is -3.48. The second-order valence-electron chi connectivity index (χ2n) is 5.05. The van der Waals surface area contributed by atoms with Gasteiger partial charge in [-0.2, -0.15) is 0 Å². The lowest BCUT2D eigenvalue weighted by atomic mass is 10.1. The van der Waals surface area contributed by atoms with E-state index in [0.717, 1.165) is 0 Å². The van der Waals surface area contributed by atoms with Crippen LogP contribution in [0.4, 0.5) is 5.69 Å². The Morgan fingerprint density at radius 3 is 2.75 bits per heavy atom. The molecular formula is C13H17NO5S. The van der Waals surface area contributed by atoms with Gasteiger partial charge in [0.1, 0.15) is 12.2 Å². The quantitative estimate of drug-likeness (QED) is 0.912. The van der Waals surface area contributed by atoms with Gasteiger partial charge in [-0.3, -0.25) is 4.31 Å². The summed E-state index contributed by atoms with van der Waals surface area (Å²) in [6, 6.07) is 4.49. The molecule has 0 saturated heterocycles. The highest BCUT2D eigenvalue weighted by atomic mass is 32.2. The number of anilines is 1. The van der Waals surface area contributed by atoms with Crippen molar-refractivity contribution in [1.82, 2.24) is 0 Å². The van der Waals surface area contributed by atoms with E-state index in [4.69, 9.17) is 9.84 Å². The van der Waals surface area contributed by atoms with Gasteiger partial charge in [-0.15, -0.1) is 0 Å². The third-order valence-electron chi connectivity index (χ3n) is 2.91. The molecule has 6 nitrogen and oxygen atoms in total. The molecule has 1 aromatic rings. The minimum atomic E-state index is -3.48. The molecule has 0 atom stereocenters. The summed E-state index contributed by atoms with van der Waals surface area (Å²) < 4.78 is 31.3. The van der Waals surface area contributed by atoms with Crippen molar-refractivity contribution in [3.8, 4) is 5.75 Å². The van der Waals surface area contributed by atoms with Crippen molar-refractivity contribution in [3.05, 3.63) is 23.8 Å². The maximum atomic E-state index is 12.4. The number of ether oxygens (including phenoxy) is 1. The molecule has 0 unspecified atom stereocenters. The van der Waals surface area contributed by atoms with Crippen LogP contribution in [-0.2, 0) is 10.0 Å². The number of carboxylic acids is 1. The highest BCUT2D eigenvalue weighted by Crippen LogP contribution is 2.36. The highest BCUT2D eigenvalue weighted by molar-refractivity contribution is 7.92. The zero-order valence-corrected chi connectivity index (χ0v) is 12.2. The lowest BCUT2D eigenvalue weighted by molar-refractivity contribution is 0.0692. The topological polar surface area (TPSA) is 83.9 Å². The lowest BCUT2D eigenvalue weighted by Gasteiger charge is -2.31. The highest BCUT2D eigenvalue weighted by Gasteiger charge is 2.31. The summed E-state index contributed by atoms with van der Waals surface area (Å²) in [5.41, 5.74) is 0.281. The molecule has 7 heteroatoms. The first-order valence-electron chi connectivity index (χ1n) is 6.32. The number of hydrogen-bond donors (Lipinski definition) is 1. The van der Waals surface area contributed by atoms with Crippen molar-refractivity contribution < 1.29 is 23.1 Å². The van der Waals surface area contributed by atoms with Crippen LogP contribution in [0.5, 0.6) is 5.75 Å². The minimum Gasteiger partial charge on any atom is -0.489 e. The number of para-hydroxylation sites is 1. The molecule has 0 saturated carbocycles. The summed E-state index contributed by atoms with van der Waals surface area (Å²) in [5, 5.41) is 9.13. The van der Waals surface area contributed by atoms with E-state index in [1.54, 1.807) is 6.07 Å². The van der Waals surface area contributed by atoms with E-state index in [0.29, 0.717) is 5.69 Å². The van der Waals surface area contributed by atoms with E-state index in [2.05, 4.69) is 0 Å². The summed E-state index contributed by atoms with van der Waals surface area (Å²) >= 11 is 0. The standard InChI is InChI=1S/C13H17NO5S/c1-9(2)8-20(17,18)14-6-7-19-12-10(13(15)16)4-3-5-11(12)14/h3-5,9H,6-8H2,1-2H3,(H,15,16). The average molecular weight is 299 g/mol. The van der Waals surface area contributed by atoms with Gasteiger partial charge in [0.2, 0.25) is 10.0 Å². The van der Waals surface area contributed by atoms with Crippen molar-refractivity contribution in [1.29, 1.82) is 0 Å². The molecule has 1 N–H and O–H groups in total. The number of hydrogen-bond acceptors (Lipinski definition) is 4. The Morgan fingerprint density at radius 1 is 1.45 bits per heavy atom. The van der Waals surface area contributed by atoms with Gasteiger partial charge in [-0.1, -0.05) is 19.9 Å². The number of nitrogens with zero attached hydrogens (tertiary/aromatic N) is 1. The third-order valence-corrected chi connectivity index (χ3v) is 5.05. The van der Waals surface area contributed by atoms with Gasteiger partial charge in [0.25, 0.3) is 0 Å². The monoisotopic (exact) mass is 299 g/mol. The molecule has 20 heavy (non-hydrogen) atoms. The molecule has 1 aliphatic rings. The molecule has 0 spiro atoms. The fraction of sp³-hybridized carbons (Fsp3) is 0.462. The van der Waals surface area contributed by atoms with Crippen molar-refractivity contribution in [2.75, 3.05) is 23.2 Å². The van der Waals surface area contributed by atoms with Crippen LogP contribution in [0.1, 0.15) is 24.2 Å². The summed E-state index contributed by atoms with van der Waals surface area (Å²) in [6.45, 7) is 4.00. The van der Waals surface area contributed by atoms with Gasteiger partial charge in [-0.05, 0) is 18.1 Å². The predicted octanol–water partition coefficient (Wildman–Crippen LogP) is 1.57. The Kier molecular flexibility index (Phi) is 3.89. The fourth-order valence-corrected chi connectivity index (χ4v) is 4.01. The van der Waals surface area contributed by atoms with Crippen molar-refractivity contribution >= 4 is 21.7 Å². The number of aromatic carboxylic acids is 1. The third kappa shape index (κ3) is 2.72. The van der Waals surface area contributed by atoms with Gasteiger partial charge in [0.05, 0.1) is 18.0 Å². The lowest BCUT2D eigenvalue weighted by Crippen LogP contribution is -2.40. The van der Waals surface area contributed by atoms with E-state index in [1.807, 2.05) is 13.8 Å². The van der Waals surface area contributed by atoms with Crippen molar-refractivity contribution in [2.24, 2.45) is 5.92 Å². The zero-order chi connectivity index (χ0) is 14.9. The molecule has 0 radical (unpaired) electrons. The van der Waals surface area contributed by atoms with E-state index < -0.39 is 16.0 Å². The van der Waals surface area contributed by atoms with Gasteiger partial charge >= 0.3 is 5.97 Å². The summed E-state index contributed by atoms with van der Waals surface area (Å²) in [5.74, 6) is -0.999. The Balaban J connectivity index is 2.49. The summed E-state index contributed by atoms with van der Waals surface area (Å²) in [4.78, 5) is 11.2. The molecule has 0 fully saturated rings. The molecule has 2 rings (SSSR count). The number of carboxylic acid groups (broad SMARTS) is 1. The smallest absolute Gasteiger partial charge is 0.339 e. The number of rotatable bonds is 4. The van der Waals surface area contributed by atoms with Gasteiger partial charge in [0, 0.05) is 0 Å². The van der Waals surface area contributed by atoms with Crippen LogP contribution in [-0.4, -0.2) is 38.4 Å². The van der Waals surface area contributed by atoms with E-state index in [1.165, 1.54) is 16.4 Å². The second kappa shape index (κ2) is 5.32. The first-order valence-corrected chi connectivity index (χ1v) is 7.93. The first kappa shape index (κ1) is 14.6. The first-order chi connectivity index (χ1) is 9.33. The number of sulfonamides is 1. The number of fused-ring (bicyclic) bond motifs is 1. The Bertz CT molecular complexity index is 624. The van der Waals surface area contributed by atoms with Gasteiger partial charge in [0.15, 0.2) is 5.75 Å². The molecule has 0 bridgehead atoms. The van der Waals surface area contributed by atoms with E-state index in [9.17, 15) is 13.2 Å². The van der Waals surface area contributed by atoms with Gasteiger partial charge in [-0.25, -0.2) is 13.2 Å². The largest absolute Gasteiger partial charge is 0.489 e. The van der Waals surface area contributed by atoms with Crippen LogP contribution >= 0.6 is 0 Å². The molecular weight excluding hydrogens is 282 g/mol. The average Bonchev–Trinajstić information content (AvgIpc) is 2.35. The van der Waals surface area contributed by atoms with Crippen LogP contribution in [0, 0.1) is 5.92 Å². The SMILES string of the molecule is CC(C)CS(=O)(=O)N1CCOc2c(C(=O)O)cccc21. The molecule has 1 aliphatic heterocycles. The van der Waals surface area contributed by atoms with E-state index in [-0.39, 0.29) is 36.1 Å². The van der Waals surface area contributed by atoms with Crippen LogP contribution in [0.2, 0.25) is 0 Å². The van der Waals surface area contributed by atoms with Crippen LogP contribution < -0.4 is 9.04 Å². The van der Waals surface area contributed by atoms with E-state index >= 15 is 0 Å². The molecule has 0 aliphatic carbocycles. The van der Waals surface area contributed by atoms with Crippen LogP contribution in [0.15, 0.2) is 18.2 Å². The molecule has 0 amide bonds. The Morgan fingerprint density at radius 2 is 2.15 bits per heavy atom. The molecule has 0 aromatic heterocycles. The number of carbonyl (C=O) groups is 1. The minimum absolute atomic E-state index is 0.00560. The Labute approximate surface area is 118 Å². The zero-order valence-electron chi connectivity index (χ0n) is 11.4. The van der Waals surface area contributed by atoms with Crippen LogP contribution in [0.25, 0.3) is 0 Å². The fourth-order valence-electron chi connectivity index (χ4n) is 2.19. The van der Waals surface area contributed by atoms with Crippen molar-refractivity contribution in [3.63, 3.8) is 0 Å². The second-order valence-corrected chi connectivity index (χ2v) is 6.99. The van der Waals surface area contributed by atoms with Gasteiger partial charge < -0.3 is 9.84 Å². The number of benzene rings is 1. The normalized spacial score (nSPS) is 14.8. The summed E-state index contributed by atoms with van der Waals surface area (Å²) in [6.07, 6.45) is 0. The molecule has 1 aromatic carbocycles. The Hall–Kier alpha value is -1.76. The molecule has 1 heterocycles. The maximum Gasteiger partial charge on any atom is 0.339 e. The maximum absolute atomic E-state index is 12.4. The predicted molar refractivity (Wildman–Crippen MR) is 74.9 cm³/mol. The van der Waals surface area contributed by atoms with Crippen molar-refractivity contribution in [2.45, 2.75) is 13.8 Å².